The molecule has 3 aromatic rings. The Morgan fingerprint density at radius 1 is 1.19 bits per heavy atom. The van der Waals surface area contributed by atoms with E-state index in [-0.39, 0.29) is 7.33 Å². The van der Waals surface area contributed by atoms with Crippen LogP contribution in [0.4, 0.5) is 0 Å². The second-order valence-electron chi connectivity index (χ2n) is 6.35. The Kier molecular flexibility index (Phi) is 4.80. The lowest BCUT2D eigenvalue weighted by Crippen LogP contribution is -2.20. The number of carbonyl (C=O) groups excluding carboxylic acids is 2. The van der Waals surface area contributed by atoms with Crippen LogP contribution in [-0.4, -0.2) is 30.1 Å². The number of rotatable bonds is 5. The van der Waals surface area contributed by atoms with Crippen molar-refractivity contribution in [3.05, 3.63) is 57.2 Å². The monoisotopic (exact) mass is 448 g/mol. The maximum Gasteiger partial charge on any atom is 0.259 e. The highest BCUT2D eigenvalue weighted by Gasteiger charge is 2.34. The number of methoxy groups -OCH3 is 1. The van der Waals surface area contributed by atoms with E-state index in [0.717, 1.165) is 33.9 Å². The summed E-state index contributed by atoms with van der Waals surface area (Å²) in [6, 6.07) is 9.26. The van der Waals surface area contributed by atoms with Gasteiger partial charge < -0.3 is 9.30 Å². The third-order valence-corrected chi connectivity index (χ3v) is 5.65. The van der Waals surface area contributed by atoms with Gasteiger partial charge in [-0.25, -0.2) is 0 Å². The van der Waals surface area contributed by atoms with Gasteiger partial charge in [0.15, 0.2) is 0 Å². The first-order chi connectivity index (χ1) is 13.0. The number of carbonyl (C=O) groups is 2. The highest BCUT2D eigenvalue weighted by Crippen LogP contribution is 2.41. The fourth-order valence-electron chi connectivity index (χ4n) is 3.56. The van der Waals surface area contributed by atoms with Gasteiger partial charge in [-0.05, 0) is 40.0 Å². The van der Waals surface area contributed by atoms with Crippen LogP contribution in [-0.2, 0) is 11.3 Å². The van der Waals surface area contributed by atoms with E-state index in [0.29, 0.717) is 28.3 Å². The number of aromatic nitrogens is 1. The topological polar surface area (TPSA) is 60.3 Å². The van der Waals surface area contributed by atoms with Crippen molar-refractivity contribution in [3.8, 4) is 11.1 Å². The molecule has 2 heterocycles. The molecule has 1 aromatic heterocycles. The van der Waals surface area contributed by atoms with Gasteiger partial charge in [0, 0.05) is 48.3 Å². The van der Waals surface area contributed by atoms with Gasteiger partial charge in [-0.15, -0.1) is 0 Å². The standard InChI is InChI=1S/C20H16BrClN2O3.H2/c1-27-8-4-7-24-10-13(21)17-15(24)9-12(11-5-2-3-6-14(11)22)16-18(17)20(26)23-19(16)25;/h2-3,5-6,9-10H,4,7-8H2,1H3,(H,23,25,26);1H. The summed E-state index contributed by atoms with van der Waals surface area (Å²) in [6.45, 7) is 1.37. The average molecular weight is 450 g/mol. The van der Waals surface area contributed by atoms with Gasteiger partial charge in [-0.2, -0.15) is 0 Å². The number of aryl methyl sites for hydroxylation is 1. The van der Waals surface area contributed by atoms with Gasteiger partial charge in [-0.1, -0.05) is 29.8 Å². The third kappa shape index (κ3) is 2.98. The Hall–Kier alpha value is -2.15. The molecule has 0 bridgehead atoms. The summed E-state index contributed by atoms with van der Waals surface area (Å²) in [5.41, 5.74) is 3.02. The molecule has 140 valence electrons. The molecule has 27 heavy (non-hydrogen) atoms. The molecule has 0 unspecified atom stereocenters. The zero-order chi connectivity index (χ0) is 19.1. The van der Waals surface area contributed by atoms with Crippen molar-refractivity contribution in [1.82, 2.24) is 9.88 Å². The number of hydrogen-bond acceptors (Lipinski definition) is 3. The van der Waals surface area contributed by atoms with Crippen molar-refractivity contribution in [2.75, 3.05) is 13.7 Å². The number of nitrogens with zero attached hydrogens (tertiary/aromatic N) is 1. The number of fused-ring (bicyclic) bond motifs is 3. The van der Waals surface area contributed by atoms with E-state index in [2.05, 4.69) is 25.8 Å². The first-order valence-electron chi connectivity index (χ1n) is 8.47. The van der Waals surface area contributed by atoms with Crippen LogP contribution in [0.2, 0.25) is 5.02 Å². The summed E-state index contributed by atoms with van der Waals surface area (Å²) >= 11 is 9.95. The maximum atomic E-state index is 12.6. The van der Waals surface area contributed by atoms with Crippen LogP contribution in [0, 0.1) is 0 Å². The Bertz CT molecular complexity index is 1100. The number of nitrogens with one attached hydrogen (secondary N) is 1. The maximum absolute atomic E-state index is 12.6. The Morgan fingerprint density at radius 2 is 1.93 bits per heavy atom. The number of hydrogen-bond donors (Lipinski definition) is 1. The van der Waals surface area contributed by atoms with Crippen molar-refractivity contribution in [2.24, 2.45) is 0 Å². The minimum absolute atomic E-state index is 0. The highest BCUT2D eigenvalue weighted by molar-refractivity contribution is 9.10. The fraction of sp³-hybridized carbons (Fsp3) is 0.200. The second kappa shape index (κ2) is 7.11. The molecule has 0 fully saturated rings. The molecule has 7 heteroatoms. The molecule has 1 aliphatic rings. The predicted octanol–water partition coefficient (Wildman–Crippen LogP) is 4.89. The number of benzene rings is 2. The lowest BCUT2D eigenvalue weighted by Gasteiger charge is -2.12. The van der Waals surface area contributed by atoms with E-state index in [1.165, 1.54) is 0 Å². The van der Waals surface area contributed by atoms with E-state index in [9.17, 15) is 9.59 Å². The van der Waals surface area contributed by atoms with Crippen LogP contribution in [0.25, 0.3) is 22.0 Å². The van der Waals surface area contributed by atoms with Crippen molar-refractivity contribution in [2.45, 2.75) is 13.0 Å². The van der Waals surface area contributed by atoms with Gasteiger partial charge in [0.25, 0.3) is 11.8 Å². The van der Waals surface area contributed by atoms with Gasteiger partial charge >= 0.3 is 0 Å². The Labute approximate surface area is 170 Å². The Balaban J connectivity index is 0.00000225. The van der Waals surface area contributed by atoms with Crippen LogP contribution < -0.4 is 5.32 Å². The summed E-state index contributed by atoms with van der Waals surface area (Å²) < 4.78 is 7.99. The summed E-state index contributed by atoms with van der Waals surface area (Å²) in [7, 11) is 1.67. The molecule has 0 saturated carbocycles. The van der Waals surface area contributed by atoms with Crippen molar-refractivity contribution in [1.29, 1.82) is 0 Å². The molecule has 1 N–H and O–H groups in total. The minimum atomic E-state index is -0.397. The average Bonchev–Trinajstić information content (AvgIpc) is 3.12. The van der Waals surface area contributed by atoms with Crippen LogP contribution in [0.3, 0.4) is 0 Å². The summed E-state index contributed by atoms with van der Waals surface area (Å²) in [5, 5.41) is 3.69. The van der Waals surface area contributed by atoms with Gasteiger partial charge in [0.1, 0.15) is 0 Å². The SMILES string of the molecule is COCCCn1cc(Br)c2c3c(c(-c4ccccc4Cl)cc21)C(=O)NC3=O.[HH]. The summed E-state index contributed by atoms with van der Waals surface area (Å²) in [4.78, 5) is 25.1. The molecule has 5 nitrogen and oxygen atoms in total. The molecule has 2 aromatic carbocycles. The molecule has 4 rings (SSSR count). The molecule has 1 aliphatic heterocycles. The third-order valence-electron chi connectivity index (χ3n) is 4.72. The first-order valence-corrected chi connectivity index (χ1v) is 9.65. The summed E-state index contributed by atoms with van der Waals surface area (Å²) in [5.74, 6) is -0.782. The zero-order valence-corrected chi connectivity index (χ0v) is 16.9. The largest absolute Gasteiger partial charge is 0.385 e. The fourth-order valence-corrected chi connectivity index (χ4v) is 4.44. The summed E-state index contributed by atoms with van der Waals surface area (Å²) in [6.07, 6.45) is 2.77. The quantitative estimate of drug-likeness (QED) is 0.446. The molecule has 0 radical (unpaired) electrons. The highest BCUT2D eigenvalue weighted by atomic mass is 79.9. The van der Waals surface area contributed by atoms with Crippen molar-refractivity contribution < 1.29 is 15.8 Å². The van der Waals surface area contributed by atoms with E-state index < -0.39 is 5.91 Å². The molecule has 0 saturated heterocycles. The minimum Gasteiger partial charge on any atom is -0.385 e. The lowest BCUT2D eigenvalue weighted by atomic mass is 9.94. The first kappa shape index (κ1) is 18.2. The molecule has 0 spiro atoms. The van der Waals surface area contributed by atoms with E-state index in [4.69, 9.17) is 16.3 Å². The van der Waals surface area contributed by atoms with Crippen LogP contribution >= 0.6 is 27.5 Å². The number of imide groups is 1. The number of ether oxygens (including phenoxy) is 1. The zero-order valence-electron chi connectivity index (χ0n) is 14.5. The van der Waals surface area contributed by atoms with Crippen LogP contribution in [0.5, 0.6) is 0 Å². The molecular formula is C20H18BrClN2O3. The molecule has 2 amide bonds. The normalized spacial score (nSPS) is 13.3. The van der Waals surface area contributed by atoms with Gasteiger partial charge in [0.2, 0.25) is 0 Å². The van der Waals surface area contributed by atoms with Crippen molar-refractivity contribution >= 4 is 50.2 Å². The molecule has 0 aliphatic carbocycles. The molecule has 0 atom stereocenters. The number of amides is 2. The van der Waals surface area contributed by atoms with Crippen LogP contribution in [0.15, 0.2) is 41.0 Å². The predicted molar refractivity (Wildman–Crippen MR) is 110 cm³/mol. The second-order valence-corrected chi connectivity index (χ2v) is 7.61. The van der Waals surface area contributed by atoms with Gasteiger partial charge in [-0.3, -0.25) is 14.9 Å². The van der Waals surface area contributed by atoms with Crippen LogP contribution in [0.1, 0.15) is 28.6 Å². The van der Waals surface area contributed by atoms with Gasteiger partial charge in [0.05, 0.1) is 16.6 Å². The number of halogens is 2. The van der Waals surface area contributed by atoms with E-state index in [1.807, 2.05) is 30.5 Å². The smallest absolute Gasteiger partial charge is 0.259 e. The lowest BCUT2D eigenvalue weighted by molar-refractivity contribution is 0.0880. The van der Waals surface area contributed by atoms with E-state index >= 15 is 0 Å². The molecular weight excluding hydrogens is 432 g/mol. The van der Waals surface area contributed by atoms with E-state index in [1.54, 1.807) is 13.2 Å². The Morgan fingerprint density at radius 3 is 2.67 bits per heavy atom. The van der Waals surface area contributed by atoms with Crippen molar-refractivity contribution in [3.63, 3.8) is 0 Å².